The molecule has 2 atom stereocenters. The first kappa shape index (κ1) is 13.4. The second kappa shape index (κ2) is 5.58. The van der Waals surface area contributed by atoms with Crippen molar-refractivity contribution in [1.29, 1.82) is 0 Å². The monoisotopic (exact) mass is 243 g/mol. The molecule has 0 aliphatic heterocycles. The molecule has 7 nitrogen and oxygen atoms in total. The van der Waals surface area contributed by atoms with Crippen molar-refractivity contribution in [2.24, 2.45) is 0 Å². The third-order valence-corrected chi connectivity index (χ3v) is 2.33. The number of nitro benzene ring substituents is 1. The number of aromatic hydroxyl groups is 1. The second-order valence-corrected chi connectivity index (χ2v) is 3.53. The predicted molar refractivity (Wildman–Crippen MR) is 57.4 cm³/mol. The molecule has 1 aromatic rings. The molecule has 4 N–H and O–H groups in total. The van der Waals surface area contributed by atoms with Gasteiger partial charge in [-0.25, -0.2) is 0 Å². The minimum atomic E-state index is -1.31. The molecule has 17 heavy (non-hydrogen) atoms. The van der Waals surface area contributed by atoms with Gasteiger partial charge in [-0.1, -0.05) is 0 Å². The molecule has 0 aliphatic carbocycles. The molecule has 7 heteroatoms. The third-order valence-electron chi connectivity index (χ3n) is 2.33. The minimum absolute atomic E-state index is 0.0289. The fraction of sp³-hybridized carbons (Fsp3) is 0.400. The summed E-state index contributed by atoms with van der Waals surface area (Å²) in [7, 11) is 0. The molecule has 0 aromatic heterocycles. The first-order valence-electron chi connectivity index (χ1n) is 4.91. The Morgan fingerprint density at radius 2 is 2.00 bits per heavy atom. The SMILES string of the molecule is O=[N+]([O-])c1ccc(C(O)C(O)CCO)cc1O. The van der Waals surface area contributed by atoms with Crippen molar-refractivity contribution in [3.8, 4) is 5.75 Å². The first-order chi connectivity index (χ1) is 7.97. The summed E-state index contributed by atoms with van der Waals surface area (Å²) in [5.74, 6) is -0.581. The summed E-state index contributed by atoms with van der Waals surface area (Å²) in [6, 6.07) is 3.30. The van der Waals surface area contributed by atoms with E-state index in [0.29, 0.717) is 0 Å². The zero-order valence-corrected chi connectivity index (χ0v) is 8.85. The molecule has 94 valence electrons. The molecule has 0 radical (unpaired) electrons. The van der Waals surface area contributed by atoms with Gasteiger partial charge in [0.25, 0.3) is 0 Å². The van der Waals surface area contributed by atoms with Crippen LogP contribution in [0.3, 0.4) is 0 Å². The van der Waals surface area contributed by atoms with Crippen molar-refractivity contribution in [3.05, 3.63) is 33.9 Å². The van der Waals surface area contributed by atoms with Crippen molar-refractivity contribution in [3.63, 3.8) is 0 Å². The number of hydrogen-bond donors (Lipinski definition) is 4. The maximum Gasteiger partial charge on any atom is 0.310 e. The Morgan fingerprint density at radius 3 is 2.47 bits per heavy atom. The number of nitrogens with zero attached hydrogens (tertiary/aromatic N) is 1. The summed E-state index contributed by atoms with van der Waals surface area (Å²) in [6.45, 7) is -0.294. The number of aliphatic hydroxyl groups is 3. The van der Waals surface area contributed by atoms with Crippen molar-refractivity contribution in [2.45, 2.75) is 18.6 Å². The molecule has 0 spiro atoms. The van der Waals surface area contributed by atoms with E-state index in [0.717, 1.165) is 12.1 Å². The third kappa shape index (κ3) is 3.13. The van der Waals surface area contributed by atoms with E-state index < -0.39 is 28.6 Å². The van der Waals surface area contributed by atoms with E-state index in [-0.39, 0.29) is 18.6 Å². The summed E-state index contributed by atoms with van der Waals surface area (Å²) in [6.07, 6.45) is -2.53. The lowest BCUT2D eigenvalue weighted by Gasteiger charge is -2.17. The predicted octanol–water partition coefficient (Wildman–Crippen LogP) is 0.0771. The molecule has 1 aromatic carbocycles. The van der Waals surface area contributed by atoms with Crippen molar-refractivity contribution in [2.75, 3.05) is 6.61 Å². The van der Waals surface area contributed by atoms with E-state index in [1.807, 2.05) is 0 Å². The van der Waals surface area contributed by atoms with Crippen LogP contribution in [0, 0.1) is 10.1 Å². The van der Waals surface area contributed by atoms with E-state index in [4.69, 9.17) is 5.11 Å². The molecular weight excluding hydrogens is 230 g/mol. The highest BCUT2D eigenvalue weighted by Crippen LogP contribution is 2.30. The number of phenols is 1. The molecule has 0 bridgehead atoms. The molecule has 1 rings (SSSR count). The van der Waals surface area contributed by atoms with Crippen LogP contribution >= 0.6 is 0 Å². The maximum atomic E-state index is 10.4. The van der Waals surface area contributed by atoms with Crippen LogP contribution in [0.5, 0.6) is 5.75 Å². The molecule has 0 fully saturated rings. The Kier molecular flexibility index (Phi) is 4.38. The van der Waals surface area contributed by atoms with E-state index >= 15 is 0 Å². The van der Waals surface area contributed by atoms with E-state index in [1.54, 1.807) is 0 Å². The quantitative estimate of drug-likeness (QED) is 0.428. The van der Waals surface area contributed by atoms with Gasteiger partial charge in [-0.05, 0) is 24.1 Å². The van der Waals surface area contributed by atoms with Crippen molar-refractivity contribution < 1.29 is 25.3 Å². The average molecular weight is 243 g/mol. The number of phenolic OH excluding ortho intramolecular Hbond substituents is 1. The van der Waals surface area contributed by atoms with Crippen LogP contribution in [-0.2, 0) is 0 Å². The molecule has 2 unspecified atom stereocenters. The van der Waals surface area contributed by atoms with E-state index in [1.165, 1.54) is 6.07 Å². The highest BCUT2D eigenvalue weighted by atomic mass is 16.6. The minimum Gasteiger partial charge on any atom is -0.502 e. The molecule has 0 saturated carbocycles. The first-order valence-corrected chi connectivity index (χ1v) is 4.91. The summed E-state index contributed by atoms with van der Waals surface area (Å²) in [5.41, 5.74) is -0.327. The number of aliphatic hydroxyl groups excluding tert-OH is 3. The Bertz CT molecular complexity index is 408. The Hall–Kier alpha value is -1.70. The largest absolute Gasteiger partial charge is 0.502 e. The van der Waals surface area contributed by atoms with Gasteiger partial charge in [0.15, 0.2) is 5.75 Å². The van der Waals surface area contributed by atoms with Crippen LogP contribution in [0.2, 0.25) is 0 Å². The van der Waals surface area contributed by atoms with Gasteiger partial charge < -0.3 is 20.4 Å². The lowest BCUT2D eigenvalue weighted by Crippen LogP contribution is -2.19. The maximum absolute atomic E-state index is 10.4. The van der Waals surface area contributed by atoms with Gasteiger partial charge in [-0.2, -0.15) is 0 Å². The fourth-order valence-electron chi connectivity index (χ4n) is 1.39. The smallest absolute Gasteiger partial charge is 0.310 e. The molecule has 0 saturated heterocycles. The van der Waals surface area contributed by atoms with Gasteiger partial charge in [0.05, 0.1) is 11.0 Å². The zero-order chi connectivity index (χ0) is 13.0. The van der Waals surface area contributed by atoms with Crippen LogP contribution in [0.25, 0.3) is 0 Å². The van der Waals surface area contributed by atoms with Gasteiger partial charge >= 0.3 is 5.69 Å². The summed E-state index contributed by atoms with van der Waals surface area (Å²) in [4.78, 5) is 9.69. The van der Waals surface area contributed by atoms with E-state index in [9.17, 15) is 25.4 Å². The van der Waals surface area contributed by atoms with Crippen LogP contribution in [0.15, 0.2) is 18.2 Å². The van der Waals surface area contributed by atoms with Crippen LogP contribution in [0.4, 0.5) is 5.69 Å². The highest BCUT2D eigenvalue weighted by molar-refractivity contribution is 5.47. The van der Waals surface area contributed by atoms with Crippen LogP contribution in [-0.4, -0.2) is 38.1 Å². The standard InChI is InChI=1S/C10H13NO6/c12-4-3-8(13)10(15)6-1-2-7(11(16)17)9(14)5-6/h1-2,5,8,10,12-15H,3-4H2. The summed E-state index contributed by atoms with van der Waals surface area (Å²) in [5, 5.41) is 47.4. The number of benzene rings is 1. The lowest BCUT2D eigenvalue weighted by molar-refractivity contribution is -0.385. The van der Waals surface area contributed by atoms with Crippen LogP contribution in [0.1, 0.15) is 18.1 Å². The summed E-state index contributed by atoms with van der Waals surface area (Å²) < 4.78 is 0. The number of rotatable bonds is 5. The molecular formula is C10H13NO6. The van der Waals surface area contributed by atoms with Gasteiger partial charge in [-0.3, -0.25) is 10.1 Å². The Morgan fingerprint density at radius 1 is 1.35 bits per heavy atom. The van der Waals surface area contributed by atoms with Crippen molar-refractivity contribution >= 4 is 5.69 Å². The Labute approximate surface area is 96.7 Å². The Balaban J connectivity index is 2.93. The second-order valence-electron chi connectivity index (χ2n) is 3.53. The van der Waals surface area contributed by atoms with E-state index in [2.05, 4.69) is 0 Å². The highest BCUT2D eigenvalue weighted by Gasteiger charge is 2.21. The molecule has 0 amide bonds. The van der Waals surface area contributed by atoms with Crippen molar-refractivity contribution in [1.82, 2.24) is 0 Å². The number of nitro groups is 1. The van der Waals surface area contributed by atoms with Gasteiger partial charge in [0, 0.05) is 12.7 Å². The molecule has 0 heterocycles. The number of hydrogen-bond acceptors (Lipinski definition) is 6. The average Bonchev–Trinajstić information content (AvgIpc) is 2.27. The lowest BCUT2D eigenvalue weighted by atomic mass is 10.0. The zero-order valence-electron chi connectivity index (χ0n) is 8.85. The fourth-order valence-corrected chi connectivity index (χ4v) is 1.39. The summed E-state index contributed by atoms with van der Waals surface area (Å²) >= 11 is 0. The van der Waals surface area contributed by atoms with Gasteiger partial charge in [0.1, 0.15) is 6.10 Å². The van der Waals surface area contributed by atoms with Gasteiger partial charge in [-0.15, -0.1) is 0 Å². The van der Waals surface area contributed by atoms with Crippen LogP contribution < -0.4 is 0 Å². The van der Waals surface area contributed by atoms with Gasteiger partial charge in [0.2, 0.25) is 0 Å². The topological polar surface area (TPSA) is 124 Å². The normalized spacial score (nSPS) is 14.3. The molecule has 0 aliphatic rings.